The molecule has 0 unspecified atom stereocenters. The molecule has 0 aromatic heterocycles. The first-order valence-corrected chi connectivity index (χ1v) is 0. The van der Waals surface area contributed by atoms with Crippen LogP contribution in [-0.4, -0.2) is 11.0 Å². The van der Waals surface area contributed by atoms with Gasteiger partial charge in [-0.2, -0.15) is 0 Å². The Morgan fingerprint density at radius 3 is 0.800 bits per heavy atom. The topological polar surface area (TPSA) is 63.0 Å². The van der Waals surface area contributed by atoms with Crippen LogP contribution in [0.3, 0.4) is 0 Å². The van der Waals surface area contributed by atoms with E-state index in [2.05, 4.69) is 0 Å². The van der Waals surface area contributed by atoms with Gasteiger partial charge in [-0.3, -0.25) is 0 Å². The second-order valence-electron chi connectivity index (χ2n) is 0. The smallest absolute Gasteiger partial charge is 0 e. The third-order valence-electron chi connectivity index (χ3n) is 0. The molecule has 0 aliphatic heterocycles. The first-order chi connectivity index (χ1) is 0. The standard InChI is InChI=1S/Co.Ni.2H2O.Zn/h;;2*1H2;. The quantitative estimate of drug-likeness (QED) is 0.438. The molecule has 1 radical (unpaired) electrons. The van der Waals surface area contributed by atoms with Gasteiger partial charge in [-0.15, -0.1) is 0 Å². The van der Waals surface area contributed by atoms with E-state index in [0.29, 0.717) is 0 Å². The Hall–Kier alpha value is 1.54. The second kappa shape index (κ2) is 48.0. The van der Waals surface area contributed by atoms with Crippen molar-refractivity contribution in [3.05, 3.63) is 0 Å². The van der Waals surface area contributed by atoms with Crippen LogP contribution in [0.15, 0.2) is 0 Å². The third kappa shape index (κ3) is 29.2. The van der Waals surface area contributed by atoms with E-state index in [9.17, 15) is 0 Å². The van der Waals surface area contributed by atoms with E-state index in [1.165, 1.54) is 0 Å². The average molecular weight is 219 g/mol. The summed E-state index contributed by atoms with van der Waals surface area (Å²) >= 11 is 0. The number of hydrogen-bond acceptors (Lipinski definition) is 0. The molecule has 0 heterocycles. The first kappa shape index (κ1) is 84.4. The summed E-state index contributed by atoms with van der Waals surface area (Å²) in [4.78, 5) is 0. The Labute approximate surface area is 63.6 Å². The van der Waals surface area contributed by atoms with Gasteiger partial charge in [0.15, 0.2) is 0 Å². The Morgan fingerprint density at radius 1 is 0.800 bits per heavy atom. The van der Waals surface area contributed by atoms with Gasteiger partial charge >= 0.3 is 0 Å². The molecule has 0 aliphatic carbocycles. The summed E-state index contributed by atoms with van der Waals surface area (Å²) in [5.41, 5.74) is 0. The molecule has 0 saturated heterocycles. The minimum absolute atomic E-state index is 0. The van der Waals surface area contributed by atoms with E-state index in [-0.39, 0.29) is 63.7 Å². The maximum absolute atomic E-state index is 0. The van der Waals surface area contributed by atoms with Crippen molar-refractivity contribution in [1.82, 2.24) is 0 Å². The Bertz CT molecular complexity index is 9.61. The molecule has 0 fully saturated rings. The third-order valence-corrected chi connectivity index (χ3v) is 0. The zero-order chi connectivity index (χ0) is 0. The van der Waals surface area contributed by atoms with Crippen LogP contribution in [0.25, 0.3) is 0 Å². The van der Waals surface area contributed by atoms with Gasteiger partial charge in [-0.1, -0.05) is 0 Å². The van der Waals surface area contributed by atoms with Gasteiger partial charge < -0.3 is 11.0 Å². The molecular formula is H4CoNiO2Zn. The van der Waals surface area contributed by atoms with Crippen LogP contribution in [-0.2, 0) is 52.7 Å². The van der Waals surface area contributed by atoms with Crippen LogP contribution in [0.2, 0.25) is 0 Å². The van der Waals surface area contributed by atoms with Gasteiger partial charge in [0.1, 0.15) is 0 Å². The van der Waals surface area contributed by atoms with Crippen LogP contribution in [0, 0.1) is 0 Å². The minimum atomic E-state index is 0. The molecule has 0 spiro atoms. The van der Waals surface area contributed by atoms with Crippen molar-refractivity contribution in [3.63, 3.8) is 0 Å². The zero-order valence-electron chi connectivity index (χ0n) is 2.36. The fourth-order valence-corrected chi connectivity index (χ4v) is 0. The van der Waals surface area contributed by atoms with Gasteiger partial charge in [0.2, 0.25) is 0 Å². The Morgan fingerprint density at radius 2 is 0.800 bits per heavy atom. The van der Waals surface area contributed by atoms with Crippen LogP contribution in [0.4, 0.5) is 0 Å². The predicted octanol–water partition coefficient (Wildman–Crippen LogP) is -1.66. The molecule has 0 aromatic rings. The van der Waals surface area contributed by atoms with E-state index in [1.54, 1.807) is 0 Å². The summed E-state index contributed by atoms with van der Waals surface area (Å²) < 4.78 is 0. The van der Waals surface area contributed by atoms with Crippen molar-refractivity contribution < 1.29 is 63.7 Å². The van der Waals surface area contributed by atoms with Crippen LogP contribution >= 0.6 is 0 Å². The zero-order valence-corrected chi connectivity index (χ0v) is 7.35. The fourth-order valence-electron chi connectivity index (χ4n) is 0. The maximum atomic E-state index is 0. The SMILES string of the molecule is O.O.[Co].[Ni].[Zn]. The molecular weight excluding hydrogens is 215 g/mol. The molecule has 0 aromatic carbocycles. The molecule has 5 heteroatoms. The minimum Gasteiger partial charge on any atom is -0.412 e. The van der Waals surface area contributed by atoms with Crippen molar-refractivity contribution in [3.8, 4) is 0 Å². The van der Waals surface area contributed by atoms with Gasteiger partial charge in [0.05, 0.1) is 0 Å². The summed E-state index contributed by atoms with van der Waals surface area (Å²) in [6, 6.07) is 0. The van der Waals surface area contributed by atoms with Gasteiger partial charge in [0, 0.05) is 52.7 Å². The summed E-state index contributed by atoms with van der Waals surface area (Å²) in [7, 11) is 0. The first-order valence-electron chi connectivity index (χ1n) is 0. The van der Waals surface area contributed by atoms with E-state index in [0.717, 1.165) is 0 Å². The fraction of sp³-hybridized carbons (Fsp3) is 0. The van der Waals surface area contributed by atoms with E-state index < -0.39 is 0 Å². The molecule has 2 nitrogen and oxygen atoms in total. The van der Waals surface area contributed by atoms with E-state index >= 15 is 0 Å². The van der Waals surface area contributed by atoms with Crippen molar-refractivity contribution >= 4 is 0 Å². The summed E-state index contributed by atoms with van der Waals surface area (Å²) in [5, 5.41) is 0. The number of hydrogen-bond donors (Lipinski definition) is 0. The summed E-state index contributed by atoms with van der Waals surface area (Å²) in [6.07, 6.45) is 0. The van der Waals surface area contributed by atoms with Crippen molar-refractivity contribution in [2.75, 3.05) is 0 Å². The molecule has 0 saturated carbocycles. The molecule has 0 amide bonds. The monoisotopic (exact) mass is 217 g/mol. The van der Waals surface area contributed by atoms with E-state index in [1.807, 2.05) is 0 Å². The molecule has 0 atom stereocenters. The normalized spacial score (nSPS) is 0. The van der Waals surface area contributed by atoms with E-state index in [4.69, 9.17) is 0 Å². The molecule has 0 bridgehead atoms. The summed E-state index contributed by atoms with van der Waals surface area (Å²) in [6.45, 7) is 0. The maximum Gasteiger partial charge on any atom is 0 e. The van der Waals surface area contributed by atoms with Crippen molar-refractivity contribution in [1.29, 1.82) is 0 Å². The molecule has 37 valence electrons. The van der Waals surface area contributed by atoms with Crippen molar-refractivity contribution in [2.24, 2.45) is 0 Å². The van der Waals surface area contributed by atoms with Crippen LogP contribution in [0.1, 0.15) is 0 Å². The van der Waals surface area contributed by atoms with Crippen LogP contribution < -0.4 is 0 Å². The van der Waals surface area contributed by atoms with Gasteiger partial charge in [-0.25, -0.2) is 0 Å². The molecule has 0 aliphatic rings. The molecule has 4 N–H and O–H groups in total. The average Bonchev–Trinajstić information content (AvgIpc) is 0. The predicted molar refractivity (Wildman–Crippen MR) is 7.23 cm³/mol. The molecule has 0 rings (SSSR count). The summed E-state index contributed by atoms with van der Waals surface area (Å²) in [5.74, 6) is 0. The van der Waals surface area contributed by atoms with Crippen LogP contribution in [0.5, 0.6) is 0 Å². The Balaban J connectivity index is 0. The van der Waals surface area contributed by atoms with Gasteiger partial charge in [0.25, 0.3) is 0 Å². The van der Waals surface area contributed by atoms with Gasteiger partial charge in [-0.05, 0) is 0 Å². The largest absolute Gasteiger partial charge is 0.412 e. The second-order valence-corrected chi connectivity index (χ2v) is 0. The molecule has 5 heavy (non-hydrogen) atoms. The van der Waals surface area contributed by atoms with Crippen molar-refractivity contribution in [2.45, 2.75) is 0 Å². The Kier molecular flexibility index (Phi) is 811. The number of rotatable bonds is 0.